The predicted octanol–water partition coefficient (Wildman–Crippen LogP) is 3.08. The van der Waals surface area contributed by atoms with Crippen molar-refractivity contribution < 1.29 is 0 Å². The summed E-state index contributed by atoms with van der Waals surface area (Å²) in [5.74, 6) is 0. The Morgan fingerprint density at radius 1 is 1.25 bits per heavy atom. The van der Waals surface area contributed by atoms with E-state index in [0.717, 1.165) is 6.42 Å². The topological polar surface area (TPSA) is 19.0 Å². The SMILES string of the molecule is CC(Cc1c[nH]c2ccccc12)N(C)C.Cl. The van der Waals surface area contributed by atoms with Gasteiger partial charge in [-0.25, -0.2) is 0 Å². The summed E-state index contributed by atoms with van der Waals surface area (Å²) in [6.07, 6.45) is 3.22. The zero-order valence-corrected chi connectivity index (χ0v) is 10.8. The fourth-order valence-corrected chi connectivity index (χ4v) is 1.80. The highest BCUT2D eigenvalue weighted by atomic mass is 35.5. The number of halogens is 1. The van der Waals surface area contributed by atoms with Crippen molar-refractivity contribution in [1.29, 1.82) is 0 Å². The van der Waals surface area contributed by atoms with E-state index in [0.29, 0.717) is 6.04 Å². The zero-order valence-electron chi connectivity index (χ0n) is 10.0. The minimum atomic E-state index is 0. The molecule has 2 rings (SSSR count). The highest BCUT2D eigenvalue weighted by Crippen LogP contribution is 2.19. The number of aromatic amines is 1. The molecule has 88 valence electrons. The van der Waals surface area contributed by atoms with Crippen LogP contribution in [0.3, 0.4) is 0 Å². The zero-order chi connectivity index (χ0) is 10.8. The van der Waals surface area contributed by atoms with Crippen LogP contribution in [0, 0.1) is 0 Å². The Morgan fingerprint density at radius 3 is 2.62 bits per heavy atom. The number of aromatic nitrogens is 1. The first kappa shape index (κ1) is 13.1. The van der Waals surface area contributed by atoms with Crippen LogP contribution >= 0.6 is 12.4 Å². The number of hydrogen-bond donors (Lipinski definition) is 1. The number of nitrogens with one attached hydrogen (secondary N) is 1. The Morgan fingerprint density at radius 2 is 1.94 bits per heavy atom. The van der Waals surface area contributed by atoms with Crippen LogP contribution in [0.25, 0.3) is 10.9 Å². The molecule has 0 amide bonds. The molecule has 0 saturated heterocycles. The smallest absolute Gasteiger partial charge is 0.0456 e. The summed E-state index contributed by atoms with van der Waals surface area (Å²) in [6.45, 7) is 2.25. The number of rotatable bonds is 3. The van der Waals surface area contributed by atoms with E-state index in [2.05, 4.69) is 61.4 Å². The number of likely N-dealkylation sites (N-methyl/N-ethyl adjacent to an activating group) is 1. The predicted molar refractivity (Wildman–Crippen MR) is 72.4 cm³/mol. The molecular formula is C13H19ClN2. The summed E-state index contributed by atoms with van der Waals surface area (Å²) in [5, 5.41) is 1.35. The maximum absolute atomic E-state index is 3.31. The Kier molecular flexibility index (Phi) is 4.39. The van der Waals surface area contributed by atoms with E-state index in [9.17, 15) is 0 Å². The summed E-state index contributed by atoms with van der Waals surface area (Å²) in [7, 11) is 4.25. The third-order valence-electron chi connectivity index (χ3n) is 3.07. The molecule has 1 atom stereocenters. The number of hydrogen-bond acceptors (Lipinski definition) is 1. The Labute approximate surface area is 103 Å². The van der Waals surface area contributed by atoms with Crippen LogP contribution in [0.2, 0.25) is 0 Å². The lowest BCUT2D eigenvalue weighted by Gasteiger charge is -2.19. The van der Waals surface area contributed by atoms with Gasteiger partial charge in [0.2, 0.25) is 0 Å². The van der Waals surface area contributed by atoms with Gasteiger partial charge in [0, 0.05) is 23.1 Å². The van der Waals surface area contributed by atoms with Gasteiger partial charge < -0.3 is 9.88 Å². The maximum atomic E-state index is 3.31. The molecule has 0 aliphatic rings. The van der Waals surface area contributed by atoms with Crippen molar-refractivity contribution in [3.05, 3.63) is 36.0 Å². The van der Waals surface area contributed by atoms with Crippen LogP contribution in [0.4, 0.5) is 0 Å². The molecule has 16 heavy (non-hydrogen) atoms. The van der Waals surface area contributed by atoms with Crippen LogP contribution in [0.15, 0.2) is 30.5 Å². The van der Waals surface area contributed by atoms with Crippen LogP contribution in [0.5, 0.6) is 0 Å². The van der Waals surface area contributed by atoms with Crippen LogP contribution in [-0.4, -0.2) is 30.0 Å². The third-order valence-corrected chi connectivity index (χ3v) is 3.07. The summed E-state index contributed by atoms with van der Waals surface area (Å²) in [4.78, 5) is 5.57. The Bertz CT molecular complexity index is 448. The first-order valence-electron chi connectivity index (χ1n) is 5.40. The number of benzene rings is 1. The van der Waals surface area contributed by atoms with E-state index in [1.54, 1.807) is 0 Å². The van der Waals surface area contributed by atoms with E-state index in [1.807, 2.05) is 0 Å². The Balaban J connectivity index is 0.00000128. The molecule has 0 radical (unpaired) electrons. The third kappa shape index (κ3) is 2.57. The van der Waals surface area contributed by atoms with Gasteiger partial charge in [-0.1, -0.05) is 18.2 Å². The average Bonchev–Trinajstić information content (AvgIpc) is 2.62. The highest BCUT2D eigenvalue weighted by Gasteiger charge is 2.09. The quantitative estimate of drug-likeness (QED) is 0.871. The van der Waals surface area contributed by atoms with Crippen molar-refractivity contribution >= 4 is 23.3 Å². The lowest BCUT2D eigenvalue weighted by Crippen LogP contribution is -2.26. The normalized spacial score (nSPS) is 12.8. The van der Waals surface area contributed by atoms with Crippen LogP contribution < -0.4 is 0 Å². The van der Waals surface area contributed by atoms with Gasteiger partial charge >= 0.3 is 0 Å². The summed E-state index contributed by atoms with van der Waals surface area (Å²) >= 11 is 0. The average molecular weight is 239 g/mol. The molecule has 0 bridgehead atoms. The molecule has 3 heteroatoms. The first-order valence-corrected chi connectivity index (χ1v) is 5.40. The van der Waals surface area contributed by atoms with E-state index in [4.69, 9.17) is 0 Å². The molecule has 0 aliphatic carbocycles. The fourth-order valence-electron chi connectivity index (χ4n) is 1.80. The highest BCUT2D eigenvalue weighted by molar-refractivity contribution is 5.85. The molecule has 1 unspecified atom stereocenters. The van der Waals surface area contributed by atoms with Gasteiger partial charge in [0.05, 0.1) is 0 Å². The standard InChI is InChI=1S/C13H18N2.ClH/c1-10(15(2)3)8-11-9-14-13-7-5-4-6-12(11)13;/h4-7,9-10,14H,8H2,1-3H3;1H. The van der Waals surface area contributed by atoms with Gasteiger partial charge in [0.1, 0.15) is 0 Å². The van der Waals surface area contributed by atoms with Crippen molar-refractivity contribution in [2.45, 2.75) is 19.4 Å². The van der Waals surface area contributed by atoms with E-state index in [-0.39, 0.29) is 12.4 Å². The molecule has 1 aromatic carbocycles. The number of fused-ring (bicyclic) bond motifs is 1. The molecule has 2 aromatic rings. The van der Waals surface area contributed by atoms with Gasteiger partial charge in [0.25, 0.3) is 0 Å². The number of para-hydroxylation sites is 1. The second-order valence-electron chi connectivity index (χ2n) is 4.38. The summed E-state index contributed by atoms with van der Waals surface area (Å²) in [5.41, 5.74) is 2.64. The van der Waals surface area contributed by atoms with E-state index >= 15 is 0 Å². The lowest BCUT2D eigenvalue weighted by molar-refractivity contribution is 0.313. The van der Waals surface area contributed by atoms with Crippen LogP contribution in [0.1, 0.15) is 12.5 Å². The van der Waals surface area contributed by atoms with Gasteiger partial charge in [-0.15, -0.1) is 12.4 Å². The van der Waals surface area contributed by atoms with Crippen molar-refractivity contribution in [2.75, 3.05) is 14.1 Å². The second kappa shape index (κ2) is 5.37. The molecule has 0 saturated carbocycles. The van der Waals surface area contributed by atoms with E-state index < -0.39 is 0 Å². The number of H-pyrrole nitrogens is 1. The molecule has 2 nitrogen and oxygen atoms in total. The van der Waals surface area contributed by atoms with Crippen LogP contribution in [-0.2, 0) is 6.42 Å². The molecular weight excluding hydrogens is 220 g/mol. The molecule has 1 aromatic heterocycles. The molecule has 1 N–H and O–H groups in total. The van der Waals surface area contributed by atoms with E-state index in [1.165, 1.54) is 16.5 Å². The van der Waals surface area contributed by atoms with Gasteiger partial charge in [0.15, 0.2) is 0 Å². The van der Waals surface area contributed by atoms with Crippen molar-refractivity contribution in [2.24, 2.45) is 0 Å². The minimum Gasteiger partial charge on any atom is -0.361 e. The second-order valence-corrected chi connectivity index (χ2v) is 4.38. The van der Waals surface area contributed by atoms with Crippen molar-refractivity contribution in [1.82, 2.24) is 9.88 Å². The molecule has 1 heterocycles. The monoisotopic (exact) mass is 238 g/mol. The fraction of sp³-hybridized carbons (Fsp3) is 0.385. The molecule has 0 fully saturated rings. The molecule has 0 spiro atoms. The first-order chi connectivity index (χ1) is 7.18. The van der Waals surface area contributed by atoms with Gasteiger partial charge in [-0.3, -0.25) is 0 Å². The van der Waals surface area contributed by atoms with Gasteiger partial charge in [-0.2, -0.15) is 0 Å². The largest absolute Gasteiger partial charge is 0.361 e. The van der Waals surface area contributed by atoms with Gasteiger partial charge in [-0.05, 0) is 39.1 Å². The summed E-state index contributed by atoms with van der Waals surface area (Å²) < 4.78 is 0. The summed E-state index contributed by atoms with van der Waals surface area (Å²) in [6, 6.07) is 9.05. The van der Waals surface area contributed by atoms with Crippen molar-refractivity contribution in [3.8, 4) is 0 Å². The van der Waals surface area contributed by atoms with Crippen molar-refractivity contribution in [3.63, 3.8) is 0 Å². The lowest BCUT2D eigenvalue weighted by atomic mass is 10.1. The minimum absolute atomic E-state index is 0. The Hall–Kier alpha value is -0.990. The molecule has 0 aliphatic heterocycles. The number of nitrogens with zero attached hydrogens (tertiary/aromatic N) is 1. The maximum Gasteiger partial charge on any atom is 0.0456 e.